The van der Waals surface area contributed by atoms with Crippen LogP contribution in [0.1, 0.15) is 78.1 Å². The van der Waals surface area contributed by atoms with Gasteiger partial charge in [-0.15, -0.1) is 11.6 Å². The van der Waals surface area contributed by atoms with E-state index in [-0.39, 0.29) is 29.8 Å². The van der Waals surface area contributed by atoms with Gasteiger partial charge in [-0.1, -0.05) is 19.3 Å². The Morgan fingerprint density at radius 3 is 2.38 bits per heavy atom. The van der Waals surface area contributed by atoms with Crippen LogP contribution in [0, 0.1) is 5.92 Å². The molecule has 0 aromatic carbocycles. The highest BCUT2D eigenvalue weighted by Gasteiger charge is 2.57. The number of halogens is 1. The summed E-state index contributed by atoms with van der Waals surface area (Å²) in [5.74, 6) is 0.821. The van der Waals surface area contributed by atoms with Crippen LogP contribution in [0.3, 0.4) is 0 Å². The Hall–Kier alpha value is -0.810. The Morgan fingerprint density at radius 2 is 1.72 bits per heavy atom. The van der Waals surface area contributed by atoms with Crippen molar-refractivity contribution in [2.45, 2.75) is 101 Å². The highest BCUT2D eigenvalue weighted by atomic mass is 35.5. The number of hydrogen-bond donors (Lipinski definition) is 0. The van der Waals surface area contributed by atoms with Crippen LogP contribution in [0.5, 0.6) is 0 Å². The Bertz CT molecular complexity index is 613. The van der Waals surface area contributed by atoms with Gasteiger partial charge in [-0.2, -0.15) is 0 Å². The number of likely N-dealkylation sites (tertiary alicyclic amines) is 1. The fraction of sp³-hybridized carbons (Fsp3) is 0.913. The van der Waals surface area contributed by atoms with Gasteiger partial charge >= 0.3 is 0 Å². The number of carbonyl (C=O) groups excluding carboxylic acids is 2. The zero-order valence-electron chi connectivity index (χ0n) is 18.2. The molecular weight excluding hydrogens is 386 g/mol. The molecule has 6 heteroatoms. The monoisotopic (exact) mass is 423 g/mol. The van der Waals surface area contributed by atoms with Gasteiger partial charge in [0, 0.05) is 37.1 Å². The second-order valence-corrected chi connectivity index (χ2v) is 10.8. The maximum Gasteiger partial charge on any atom is 0.250 e. The number of hydrogen-bond acceptors (Lipinski definition) is 3. The second-order valence-electron chi connectivity index (χ2n) is 10.2. The van der Waals surface area contributed by atoms with E-state index in [2.05, 4.69) is 4.90 Å². The first-order chi connectivity index (χ1) is 13.9. The molecular formula is C23H38ClN3O2. The highest BCUT2D eigenvalue weighted by molar-refractivity contribution is 6.20. The predicted octanol–water partition coefficient (Wildman–Crippen LogP) is 3.64. The molecule has 0 aromatic heterocycles. The van der Waals surface area contributed by atoms with Gasteiger partial charge in [-0.05, 0) is 64.7 Å². The van der Waals surface area contributed by atoms with Crippen LogP contribution in [0.2, 0.25) is 0 Å². The van der Waals surface area contributed by atoms with Crippen LogP contribution in [0.4, 0.5) is 0 Å². The van der Waals surface area contributed by atoms with Crippen molar-refractivity contribution in [3.8, 4) is 0 Å². The summed E-state index contributed by atoms with van der Waals surface area (Å²) in [6.45, 7) is 6.72. The standard InChI is InChI=1S/C23H38ClN3O2/c1-17(2)26-15-21(28)27(14-18-8-10-19(24)11-9-18)23(22(26)29)12-13-25(16-23)20-6-4-3-5-7-20/h17-20H,3-16H2,1-2H3. The van der Waals surface area contributed by atoms with E-state index in [4.69, 9.17) is 11.6 Å². The van der Waals surface area contributed by atoms with Crippen LogP contribution in [-0.4, -0.2) is 75.7 Å². The van der Waals surface area contributed by atoms with Gasteiger partial charge < -0.3 is 9.80 Å². The first kappa shape index (κ1) is 21.4. The lowest BCUT2D eigenvalue weighted by Gasteiger charge is -2.50. The number of amides is 2. The molecule has 2 amide bonds. The van der Waals surface area contributed by atoms with Crippen molar-refractivity contribution in [1.82, 2.24) is 14.7 Å². The van der Waals surface area contributed by atoms with Crippen LogP contribution >= 0.6 is 11.6 Å². The van der Waals surface area contributed by atoms with Crippen LogP contribution in [-0.2, 0) is 9.59 Å². The summed E-state index contributed by atoms with van der Waals surface area (Å²) in [5.41, 5.74) is -0.644. The normalized spacial score (nSPS) is 35.3. The number of nitrogens with zero attached hydrogens (tertiary/aromatic N) is 3. The average molecular weight is 424 g/mol. The van der Waals surface area contributed by atoms with E-state index in [1.165, 1.54) is 32.1 Å². The molecule has 2 saturated carbocycles. The highest BCUT2D eigenvalue weighted by Crippen LogP contribution is 2.39. The average Bonchev–Trinajstić information content (AvgIpc) is 3.16. The molecule has 4 rings (SSSR count). The minimum absolute atomic E-state index is 0.0703. The van der Waals surface area contributed by atoms with Crippen molar-refractivity contribution in [2.75, 3.05) is 26.2 Å². The van der Waals surface area contributed by atoms with Gasteiger partial charge in [0.2, 0.25) is 5.91 Å². The summed E-state index contributed by atoms with van der Waals surface area (Å²) in [4.78, 5) is 33.5. The summed E-state index contributed by atoms with van der Waals surface area (Å²) in [6, 6.07) is 0.662. The molecule has 2 heterocycles. The first-order valence-corrected chi connectivity index (χ1v) is 12.3. The number of rotatable bonds is 4. The molecule has 2 aliphatic heterocycles. The Kier molecular flexibility index (Phi) is 6.46. The Balaban J connectivity index is 1.56. The van der Waals surface area contributed by atoms with Crippen molar-refractivity contribution in [1.29, 1.82) is 0 Å². The van der Waals surface area contributed by atoms with Gasteiger partial charge in [-0.3, -0.25) is 14.5 Å². The first-order valence-electron chi connectivity index (χ1n) is 11.9. The second kappa shape index (κ2) is 8.74. The molecule has 1 unspecified atom stereocenters. The Morgan fingerprint density at radius 1 is 1.03 bits per heavy atom. The van der Waals surface area contributed by atoms with Crippen LogP contribution in [0.25, 0.3) is 0 Å². The lowest BCUT2D eigenvalue weighted by Crippen LogP contribution is -2.70. The minimum atomic E-state index is -0.644. The summed E-state index contributed by atoms with van der Waals surface area (Å²) >= 11 is 6.31. The number of piperazine rings is 1. The van der Waals surface area contributed by atoms with Crippen LogP contribution in [0.15, 0.2) is 0 Å². The van der Waals surface area contributed by atoms with E-state index in [1.807, 2.05) is 23.6 Å². The van der Waals surface area contributed by atoms with Gasteiger partial charge in [0.05, 0.1) is 0 Å². The van der Waals surface area contributed by atoms with E-state index in [0.717, 1.165) is 51.7 Å². The molecule has 0 N–H and O–H groups in total. The Labute approximate surface area is 181 Å². The molecule has 1 atom stereocenters. The molecule has 5 nitrogen and oxygen atoms in total. The molecule has 2 aliphatic carbocycles. The zero-order chi connectivity index (χ0) is 20.6. The molecule has 4 aliphatic rings. The fourth-order valence-electron chi connectivity index (χ4n) is 6.16. The van der Waals surface area contributed by atoms with Crippen molar-refractivity contribution in [3.05, 3.63) is 0 Å². The summed E-state index contributed by atoms with van der Waals surface area (Å²) in [7, 11) is 0. The molecule has 164 valence electrons. The van der Waals surface area contributed by atoms with Gasteiger partial charge in [0.1, 0.15) is 12.1 Å². The lowest BCUT2D eigenvalue weighted by atomic mass is 9.84. The van der Waals surface area contributed by atoms with Gasteiger partial charge in [0.25, 0.3) is 5.91 Å². The van der Waals surface area contributed by atoms with Crippen molar-refractivity contribution < 1.29 is 9.59 Å². The van der Waals surface area contributed by atoms with E-state index in [1.54, 1.807) is 0 Å². The summed E-state index contributed by atoms with van der Waals surface area (Å²) < 4.78 is 0. The smallest absolute Gasteiger partial charge is 0.250 e. The maximum atomic E-state index is 13.8. The van der Waals surface area contributed by atoms with E-state index in [0.29, 0.717) is 12.0 Å². The molecule has 0 aromatic rings. The third-order valence-corrected chi connectivity index (χ3v) is 8.43. The maximum absolute atomic E-state index is 13.8. The number of alkyl halides is 1. The fourth-order valence-corrected chi connectivity index (χ4v) is 6.41. The minimum Gasteiger partial charge on any atom is -0.329 e. The van der Waals surface area contributed by atoms with Crippen molar-refractivity contribution in [3.63, 3.8) is 0 Å². The summed E-state index contributed by atoms with van der Waals surface area (Å²) in [6.07, 6.45) is 11.4. The van der Waals surface area contributed by atoms with Crippen molar-refractivity contribution in [2.24, 2.45) is 5.92 Å². The third kappa shape index (κ3) is 4.19. The van der Waals surface area contributed by atoms with Crippen LogP contribution < -0.4 is 0 Å². The van der Waals surface area contributed by atoms with E-state index < -0.39 is 5.54 Å². The largest absolute Gasteiger partial charge is 0.329 e. The predicted molar refractivity (Wildman–Crippen MR) is 116 cm³/mol. The topological polar surface area (TPSA) is 43.9 Å². The zero-order valence-corrected chi connectivity index (χ0v) is 19.0. The van der Waals surface area contributed by atoms with Crippen molar-refractivity contribution >= 4 is 23.4 Å². The molecule has 0 bridgehead atoms. The van der Waals surface area contributed by atoms with E-state index in [9.17, 15) is 9.59 Å². The number of carbonyl (C=O) groups is 2. The SMILES string of the molecule is CC(C)N1CC(=O)N(CC2CCC(Cl)CC2)C2(CCN(C3CCCCC3)C2)C1=O. The third-order valence-electron chi connectivity index (χ3n) is 7.99. The van der Waals surface area contributed by atoms with Gasteiger partial charge in [-0.25, -0.2) is 0 Å². The molecule has 29 heavy (non-hydrogen) atoms. The van der Waals surface area contributed by atoms with Gasteiger partial charge in [0.15, 0.2) is 0 Å². The molecule has 4 fully saturated rings. The molecule has 0 radical (unpaired) electrons. The molecule has 2 saturated heterocycles. The van der Waals surface area contributed by atoms with E-state index >= 15 is 0 Å². The molecule has 1 spiro atoms. The lowest BCUT2D eigenvalue weighted by molar-refractivity contribution is -0.167. The summed E-state index contributed by atoms with van der Waals surface area (Å²) in [5, 5.41) is 0.281. The quantitative estimate of drug-likeness (QED) is 0.648.